The van der Waals surface area contributed by atoms with Gasteiger partial charge in [-0.3, -0.25) is 4.79 Å². The van der Waals surface area contributed by atoms with E-state index in [2.05, 4.69) is 35.4 Å². The average molecular weight is 651 g/mol. The third-order valence-corrected chi connectivity index (χ3v) is 7.99. The Hall–Kier alpha value is -3.78. The van der Waals surface area contributed by atoms with Gasteiger partial charge < -0.3 is 54.9 Å². The quantitative estimate of drug-likeness (QED) is 0.0888. The number of rotatable bonds is 11. The number of benzene rings is 1. The van der Waals surface area contributed by atoms with Crippen molar-refractivity contribution in [1.82, 2.24) is 5.32 Å². The van der Waals surface area contributed by atoms with Crippen LogP contribution in [0, 0.1) is 0 Å². The Morgan fingerprint density at radius 1 is 0.913 bits per heavy atom. The number of amides is 1. The fourth-order valence-electron chi connectivity index (χ4n) is 5.64. The Morgan fingerprint density at radius 2 is 1.59 bits per heavy atom. The second-order valence-corrected chi connectivity index (χ2v) is 11.0. The van der Waals surface area contributed by atoms with Crippen molar-refractivity contribution >= 4 is 5.91 Å². The molecular weight excluding hydrogens is 616 g/mol. The normalized spacial score (nSPS) is 39.6. The predicted octanol–water partition coefficient (Wildman–Crippen LogP) is -0.738. The van der Waals surface area contributed by atoms with Crippen LogP contribution in [0.1, 0.15) is 23.7 Å². The first kappa shape index (κ1) is 35.1. The molecule has 0 radical (unpaired) electrons. The highest BCUT2D eigenvalue weighted by Gasteiger charge is 2.54. The van der Waals surface area contributed by atoms with Gasteiger partial charge in [0.1, 0.15) is 42.7 Å². The van der Waals surface area contributed by atoms with Gasteiger partial charge >= 0.3 is 0 Å². The van der Waals surface area contributed by atoms with E-state index in [1.54, 1.807) is 18.2 Å². The molecule has 0 bridgehead atoms. The molecule has 1 aromatic rings. The van der Waals surface area contributed by atoms with Gasteiger partial charge in [0.15, 0.2) is 12.6 Å². The van der Waals surface area contributed by atoms with Gasteiger partial charge in [-0.25, -0.2) is 0 Å². The number of azide groups is 3. The first-order chi connectivity index (χ1) is 22.0. The number of nitrogens with one attached hydrogen (secondary N) is 1. The van der Waals surface area contributed by atoms with E-state index < -0.39 is 97.7 Å². The summed E-state index contributed by atoms with van der Waals surface area (Å²) >= 11 is 0. The van der Waals surface area contributed by atoms with Crippen LogP contribution < -0.4 is 5.32 Å². The molecule has 2 saturated heterocycles. The lowest BCUT2D eigenvalue weighted by Gasteiger charge is -2.48. The number of hydrogen-bond acceptors (Lipinski definition) is 14. The summed E-state index contributed by atoms with van der Waals surface area (Å²) in [7, 11) is 0. The molecule has 8 unspecified atom stereocenters. The average Bonchev–Trinajstić information content (AvgIpc) is 3.31. The number of aliphatic hydroxyl groups is 6. The maximum absolute atomic E-state index is 13.0. The van der Waals surface area contributed by atoms with Gasteiger partial charge in [-0.15, -0.1) is 0 Å². The summed E-state index contributed by atoms with van der Waals surface area (Å²) < 4.78 is 23.2. The third kappa shape index (κ3) is 7.60. The number of ether oxygens (including phenoxy) is 4. The number of hydrogen-bond donors (Lipinski definition) is 7. The molecule has 1 aliphatic carbocycles. The Morgan fingerprint density at radius 3 is 2.22 bits per heavy atom. The maximum atomic E-state index is 13.0. The van der Waals surface area contributed by atoms with Crippen LogP contribution in [0.3, 0.4) is 0 Å². The molecule has 2 aliphatic heterocycles. The van der Waals surface area contributed by atoms with E-state index in [9.17, 15) is 41.0 Å². The molecule has 21 nitrogen and oxygen atoms in total. The highest BCUT2D eigenvalue weighted by molar-refractivity contribution is 5.94. The zero-order chi connectivity index (χ0) is 33.5. The Bertz CT molecular complexity index is 1340. The lowest BCUT2D eigenvalue weighted by molar-refractivity contribution is -0.315. The smallest absolute Gasteiger partial charge is 0.251 e. The molecule has 250 valence electrons. The first-order valence-electron chi connectivity index (χ1n) is 14.2. The van der Waals surface area contributed by atoms with Crippen LogP contribution in [0.5, 0.6) is 0 Å². The molecule has 21 heteroatoms. The monoisotopic (exact) mass is 650 g/mol. The number of aliphatic hydroxyl groups excluding tert-OH is 6. The van der Waals surface area contributed by atoms with Gasteiger partial charge in [0.05, 0.1) is 43.0 Å². The standard InChI is InChI=1S/C25H34N10O11/c1-9(36)20-18(40)17(39)14(32-35-28)24(44-20)45-21-12(31-34-27)7-11(30-23(42)10-5-3-2-4-6-10)15(37)22(21)46-25-19(41)16(38)13(43-25)8-29-33-26/h2-6,9,11-22,24-25,36-41H,7-8H2,1H3,(H,30,42)/t9-,11-,12?,13-,14?,15?,16?,17?,18+,19?,20?,21-,22?,24-,25+/m1/s1. The van der Waals surface area contributed by atoms with Gasteiger partial charge in [0.25, 0.3) is 5.91 Å². The summed E-state index contributed by atoms with van der Waals surface area (Å²) in [6, 6.07) is 3.95. The van der Waals surface area contributed by atoms with E-state index in [0.717, 1.165) is 0 Å². The molecular formula is C25H34N10O11. The minimum Gasteiger partial charge on any atom is -0.391 e. The summed E-state index contributed by atoms with van der Waals surface area (Å²) in [6.07, 6.45) is -19.3. The minimum atomic E-state index is -1.80. The van der Waals surface area contributed by atoms with Gasteiger partial charge in [0.2, 0.25) is 0 Å². The molecule has 4 rings (SSSR count). The second kappa shape index (κ2) is 15.7. The molecule has 1 amide bonds. The van der Waals surface area contributed by atoms with Gasteiger partial charge in [-0.1, -0.05) is 33.5 Å². The van der Waals surface area contributed by atoms with Crippen molar-refractivity contribution in [3.63, 3.8) is 0 Å². The third-order valence-electron chi connectivity index (χ3n) is 7.99. The summed E-state index contributed by atoms with van der Waals surface area (Å²) in [5.74, 6) is -0.597. The molecule has 3 aliphatic rings. The largest absolute Gasteiger partial charge is 0.391 e. The van der Waals surface area contributed by atoms with Crippen molar-refractivity contribution in [3.05, 3.63) is 67.2 Å². The molecule has 15 atom stereocenters. The Balaban J connectivity index is 1.70. The molecule has 46 heavy (non-hydrogen) atoms. The van der Waals surface area contributed by atoms with Crippen LogP contribution in [0.15, 0.2) is 45.7 Å². The van der Waals surface area contributed by atoms with Crippen molar-refractivity contribution in [2.24, 2.45) is 15.3 Å². The number of carbonyl (C=O) groups excluding carboxylic acids is 1. The maximum Gasteiger partial charge on any atom is 0.251 e. The van der Waals surface area contributed by atoms with Gasteiger partial charge in [0, 0.05) is 20.3 Å². The zero-order valence-corrected chi connectivity index (χ0v) is 24.2. The summed E-state index contributed by atoms with van der Waals surface area (Å²) in [4.78, 5) is 21.1. The molecule has 1 aromatic carbocycles. The lowest BCUT2D eigenvalue weighted by Crippen LogP contribution is -2.66. The van der Waals surface area contributed by atoms with Crippen molar-refractivity contribution in [1.29, 1.82) is 0 Å². The Kier molecular flexibility index (Phi) is 12.0. The molecule has 0 aromatic heterocycles. The second-order valence-electron chi connectivity index (χ2n) is 11.0. The van der Waals surface area contributed by atoms with Crippen molar-refractivity contribution in [2.45, 2.75) is 105 Å². The van der Waals surface area contributed by atoms with Crippen LogP contribution in [0.2, 0.25) is 0 Å². The highest BCUT2D eigenvalue weighted by Crippen LogP contribution is 2.36. The fourth-order valence-corrected chi connectivity index (χ4v) is 5.64. The van der Waals surface area contributed by atoms with Crippen molar-refractivity contribution in [3.8, 4) is 0 Å². The van der Waals surface area contributed by atoms with Crippen LogP contribution in [0.25, 0.3) is 31.3 Å². The van der Waals surface area contributed by atoms with E-state index in [1.165, 1.54) is 19.1 Å². The van der Waals surface area contributed by atoms with Gasteiger partial charge in [-0.2, -0.15) is 0 Å². The number of carbonyl (C=O) groups is 1. The van der Waals surface area contributed by atoms with Crippen LogP contribution in [-0.4, -0.2) is 135 Å². The molecule has 3 fully saturated rings. The highest BCUT2D eigenvalue weighted by atomic mass is 16.7. The molecule has 7 N–H and O–H groups in total. The van der Waals surface area contributed by atoms with Crippen LogP contribution >= 0.6 is 0 Å². The summed E-state index contributed by atoms with van der Waals surface area (Å²) in [6.45, 7) is 0.880. The SMILES string of the molecule is C[C@@H](O)C1O[C@H](O[C@@H]2C(N=[N+]=[N-])C[C@@H](NC(=O)c3ccccc3)C(O)C2O[C@@H]2O[C@H](CN=[N+]=[N-])C(O)C2O)C(N=[N+]=[N-])C(O)[C@@H]1O. The first-order valence-corrected chi connectivity index (χ1v) is 14.2. The zero-order valence-electron chi connectivity index (χ0n) is 24.2. The lowest BCUT2D eigenvalue weighted by atomic mass is 9.83. The van der Waals surface area contributed by atoms with E-state index in [0.29, 0.717) is 0 Å². The molecule has 1 saturated carbocycles. The van der Waals surface area contributed by atoms with E-state index in [1.807, 2.05) is 0 Å². The minimum absolute atomic E-state index is 0.242. The van der Waals surface area contributed by atoms with E-state index >= 15 is 0 Å². The predicted molar refractivity (Wildman–Crippen MR) is 151 cm³/mol. The van der Waals surface area contributed by atoms with Crippen LogP contribution in [-0.2, 0) is 18.9 Å². The fraction of sp³-hybridized carbons (Fsp3) is 0.720. The van der Waals surface area contributed by atoms with Crippen molar-refractivity contribution in [2.75, 3.05) is 6.54 Å². The molecule has 0 spiro atoms. The van der Waals surface area contributed by atoms with Crippen LogP contribution in [0.4, 0.5) is 0 Å². The summed E-state index contributed by atoms with van der Waals surface area (Å²) in [5, 5.41) is 77.2. The molecule has 2 heterocycles. The number of nitrogens with zero attached hydrogens (tertiary/aromatic N) is 9. The van der Waals surface area contributed by atoms with E-state index in [-0.39, 0.29) is 18.5 Å². The Labute approximate surface area is 260 Å². The van der Waals surface area contributed by atoms with Gasteiger partial charge in [-0.05, 0) is 42.1 Å². The summed E-state index contributed by atoms with van der Waals surface area (Å²) in [5.41, 5.74) is 27.4. The topological polar surface area (TPSA) is 334 Å². The van der Waals surface area contributed by atoms with E-state index in [4.69, 9.17) is 30.0 Å². The van der Waals surface area contributed by atoms with Crippen molar-refractivity contribution < 1.29 is 54.4 Å².